The van der Waals surface area contributed by atoms with E-state index in [1.54, 1.807) is 6.07 Å². The molecule has 88 valence electrons. The lowest BCUT2D eigenvalue weighted by Crippen LogP contribution is -2.29. The molecule has 1 saturated heterocycles. The summed E-state index contributed by atoms with van der Waals surface area (Å²) in [5.41, 5.74) is 7.72. The van der Waals surface area contributed by atoms with Gasteiger partial charge in [-0.2, -0.15) is 0 Å². The molecule has 1 unspecified atom stereocenters. The van der Waals surface area contributed by atoms with E-state index in [1.165, 1.54) is 18.9 Å². The minimum atomic E-state index is -0.198. The molecule has 2 N–H and O–H groups in total. The second-order valence-corrected chi connectivity index (χ2v) is 4.37. The quantitative estimate of drug-likeness (QED) is 0.852. The van der Waals surface area contributed by atoms with Crippen molar-refractivity contribution in [1.82, 2.24) is 0 Å². The first-order valence-corrected chi connectivity index (χ1v) is 6.01. The topological polar surface area (TPSA) is 29.3 Å². The highest BCUT2D eigenvalue weighted by Gasteiger charge is 2.24. The first-order chi connectivity index (χ1) is 7.76. The van der Waals surface area contributed by atoms with Gasteiger partial charge in [-0.15, -0.1) is 0 Å². The summed E-state index contributed by atoms with van der Waals surface area (Å²) in [6, 6.07) is 5.54. The maximum absolute atomic E-state index is 13.1. The van der Waals surface area contributed by atoms with Gasteiger partial charge in [0.25, 0.3) is 0 Å². The van der Waals surface area contributed by atoms with Gasteiger partial charge in [0.2, 0.25) is 0 Å². The van der Waals surface area contributed by atoms with Crippen molar-refractivity contribution in [2.24, 2.45) is 5.73 Å². The molecule has 16 heavy (non-hydrogen) atoms. The maximum atomic E-state index is 13.1. The van der Waals surface area contributed by atoms with Gasteiger partial charge in [0.05, 0.1) is 0 Å². The predicted molar refractivity (Wildman–Crippen MR) is 65.0 cm³/mol. The number of nitrogens with two attached hydrogens (primary N) is 1. The van der Waals surface area contributed by atoms with Crippen molar-refractivity contribution in [2.45, 2.75) is 38.8 Å². The fourth-order valence-electron chi connectivity index (χ4n) is 2.58. The van der Waals surface area contributed by atoms with Gasteiger partial charge < -0.3 is 10.6 Å². The Morgan fingerprint density at radius 2 is 2.31 bits per heavy atom. The fraction of sp³-hybridized carbons (Fsp3) is 0.538. The Kier molecular flexibility index (Phi) is 3.44. The lowest BCUT2D eigenvalue weighted by molar-refractivity contribution is 0.620. The van der Waals surface area contributed by atoms with Crippen LogP contribution < -0.4 is 10.6 Å². The number of anilines is 1. The van der Waals surface area contributed by atoms with Gasteiger partial charge in [0.1, 0.15) is 5.82 Å². The molecule has 3 heteroatoms. The summed E-state index contributed by atoms with van der Waals surface area (Å²) in [5, 5.41) is 0. The number of hydrogen-bond donors (Lipinski definition) is 1. The zero-order valence-electron chi connectivity index (χ0n) is 9.75. The van der Waals surface area contributed by atoms with Crippen LogP contribution in [0.5, 0.6) is 0 Å². The van der Waals surface area contributed by atoms with E-state index in [0.717, 1.165) is 24.2 Å². The molecular formula is C13H19FN2. The van der Waals surface area contributed by atoms with Crippen molar-refractivity contribution in [2.75, 3.05) is 11.4 Å². The Morgan fingerprint density at radius 3 is 3.00 bits per heavy atom. The van der Waals surface area contributed by atoms with Crippen LogP contribution in [0.4, 0.5) is 10.1 Å². The van der Waals surface area contributed by atoms with Gasteiger partial charge in [0, 0.05) is 24.8 Å². The van der Waals surface area contributed by atoms with Crippen molar-refractivity contribution in [1.29, 1.82) is 0 Å². The summed E-state index contributed by atoms with van der Waals surface area (Å²) in [6.07, 6.45) is 3.60. The molecule has 1 aliphatic rings. The van der Waals surface area contributed by atoms with Crippen LogP contribution >= 0.6 is 0 Å². The second kappa shape index (κ2) is 4.83. The van der Waals surface area contributed by atoms with Crippen LogP contribution in [-0.4, -0.2) is 12.6 Å². The molecule has 0 aromatic heterocycles. The Labute approximate surface area is 96.2 Å². The molecule has 0 bridgehead atoms. The largest absolute Gasteiger partial charge is 0.368 e. The molecule has 0 amide bonds. The van der Waals surface area contributed by atoms with Crippen LogP contribution in [0.1, 0.15) is 31.7 Å². The predicted octanol–water partition coefficient (Wildman–Crippen LogP) is 2.66. The molecule has 0 saturated carbocycles. The molecule has 1 aliphatic heterocycles. The van der Waals surface area contributed by atoms with Crippen molar-refractivity contribution < 1.29 is 4.39 Å². The summed E-state index contributed by atoms with van der Waals surface area (Å²) < 4.78 is 13.1. The highest BCUT2D eigenvalue weighted by Crippen LogP contribution is 2.30. The number of hydrogen-bond acceptors (Lipinski definition) is 2. The van der Waals surface area contributed by atoms with E-state index in [-0.39, 0.29) is 5.82 Å². The smallest absolute Gasteiger partial charge is 0.123 e. The van der Waals surface area contributed by atoms with Crippen molar-refractivity contribution in [3.8, 4) is 0 Å². The van der Waals surface area contributed by atoms with Gasteiger partial charge in [-0.1, -0.05) is 6.92 Å². The van der Waals surface area contributed by atoms with Crippen LogP contribution in [0, 0.1) is 5.82 Å². The number of benzene rings is 1. The van der Waals surface area contributed by atoms with Gasteiger partial charge in [-0.25, -0.2) is 4.39 Å². The normalized spacial score (nSPS) is 20.4. The third-order valence-corrected chi connectivity index (χ3v) is 3.42. The Morgan fingerprint density at radius 1 is 1.50 bits per heavy atom. The third kappa shape index (κ3) is 2.05. The molecular weight excluding hydrogens is 203 g/mol. The van der Waals surface area contributed by atoms with E-state index in [4.69, 9.17) is 5.73 Å². The first kappa shape index (κ1) is 11.4. The highest BCUT2D eigenvalue weighted by molar-refractivity contribution is 5.55. The molecule has 1 heterocycles. The summed E-state index contributed by atoms with van der Waals surface area (Å²) in [6.45, 7) is 3.67. The summed E-state index contributed by atoms with van der Waals surface area (Å²) in [4.78, 5) is 2.38. The lowest BCUT2D eigenvalue weighted by atomic mass is 10.1. The second-order valence-electron chi connectivity index (χ2n) is 4.37. The van der Waals surface area contributed by atoms with Crippen molar-refractivity contribution in [3.05, 3.63) is 29.6 Å². The van der Waals surface area contributed by atoms with Gasteiger partial charge in [-0.3, -0.25) is 0 Å². The van der Waals surface area contributed by atoms with E-state index in [1.807, 2.05) is 6.07 Å². The minimum absolute atomic E-state index is 0.198. The number of halogens is 1. The standard InChI is InChI=1S/C13H19FN2/c1-2-12-4-3-7-16(12)13-6-5-11(14)8-10(13)9-15/h5-6,8,12H,2-4,7,9,15H2,1H3. The van der Waals surface area contributed by atoms with E-state index < -0.39 is 0 Å². The zero-order valence-corrected chi connectivity index (χ0v) is 9.75. The van der Waals surface area contributed by atoms with Crippen LogP contribution in [0.2, 0.25) is 0 Å². The summed E-state index contributed by atoms with van der Waals surface area (Å²) in [5.74, 6) is -0.198. The fourth-order valence-corrected chi connectivity index (χ4v) is 2.58. The van der Waals surface area contributed by atoms with Crippen molar-refractivity contribution in [3.63, 3.8) is 0 Å². The van der Waals surface area contributed by atoms with Gasteiger partial charge in [0.15, 0.2) is 0 Å². The summed E-state index contributed by atoms with van der Waals surface area (Å²) in [7, 11) is 0. The Hall–Kier alpha value is -1.09. The molecule has 1 fully saturated rings. The molecule has 1 atom stereocenters. The average molecular weight is 222 g/mol. The molecule has 0 radical (unpaired) electrons. The molecule has 1 aromatic rings. The van der Waals surface area contributed by atoms with Crippen molar-refractivity contribution >= 4 is 5.69 Å². The molecule has 1 aromatic carbocycles. The lowest BCUT2D eigenvalue weighted by Gasteiger charge is -2.28. The summed E-state index contributed by atoms with van der Waals surface area (Å²) >= 11 is 0. The maximum Gasteiger partial charge on any atom is 0.123 e. The van der Waals surface area contributed by atoms with Crippen LogP contribution in [0.15, 0.2) is 18.2 Å². The monoisotopic (exact) mass is 222 g/mol. The minimum Gasteiger partial charge on any atom is -0.368 e. The third-order valence-electron chi connectivity index (χ3n) is 3.42. The highest BCUT2D eigenvalue weighted by atomic mass is 19.1. The SMILES string of the molecule is CCC1CCCN1c1ccc(F)cc1CN. The van der Waals surface area contributed by atoms with E-state index in [9.17, 15) is 4.39 Å². The van der Waals surface area contributed by atoms with Crippen LogP contribution in [0.25, 0.3) is 0 Å². The molecule has 0 spiro atoms. The van der Waals surface area contributed by atoms with Gasteiger partial charge in [-0.05, 0) is 43.0 Å². The molecule has 2 nitrogen and oxygen atoms in total. The van der Waals surface area contributed by atoms with E-state index in [0.29, 0.717) is 12.6 Å². The Bertz CT molecular complexity index is 365. The van der Waals surface area contributed by atoms with Gasteiger partial charge >= 0.3 is 0 Å². The zero-order chi connectivity index (χ0) is 11.5. The van der Waals surface area contributed by atoms with E-state index in [2.05, 4.69) is 11.8 Å². The Balaban J connectivity index is 2.31. The number of nitrogens with zero attached hydrogens (tertiary/aromatic N) is 1. The van der Waals surface area contributed by atoms with Crippen LogP contribution in [0.3, 0.4) is 0 Å². The number of rotatable bonds is 3. The average Bonchev–Trinajstić information content (AvgIpc) is 2.76. The van der Waals surface area contributed by atoms with Crippen LogP contribution in [-0.2, 0) is 6.54 Å². The first-order valence-electron chi connectivity index (χ1n) is 6.01. The van der Waals surface area contributed by atoms with E-state index >= 15 is 0 Å². The molecule has 0 aliphatic carbocycles. The molecule has 2 rings (SSSR count).